The summed E-state index contributed by atoms with van der Waals surface area (Å²) < 4.78 is 18.8. The number of ether oxygens (including phenoxy) is 1. The van der Waals surface area contributed by atoms with E-state index in [1.54, 1.807) is 45.0 Å². The van der Waals surface area contributed by atoms with Gasteiger partial charge in [0.05, 0.1) is 17.2 Å². The molecule has 1 aliphatic heterocycles. The molecule has 1 atom stereocenters. The molecule has 0 saturated carbocycles. The first-order valence-electron chi connectivity index (χ1n) is 9.45. The van der Waals surface area contributed by atoms with Crippen molar-refractivity contribution in [3.63, 3.8) is 0 Å². The average Bonchev–Trinajstić information content (AvgIpc) is 2.93. The molecule has 1 unspecified atom stereocenters. The molecule has 0 fully saturated rings. The Morgan fingerprint density at radius 2 is 1.60 bits per heavy atom. The molecule has 0 bridgehead atoms. The van der Waals surface area contributed by atoms with E-state index in [0.29, 0.717) is 5.75 Å². The number of imide groups is 1. The number of hydrogen-bond acceptors (Lipinski definition) is 4. The zero-order chi connectivity index (χ0) is 22.1. The molecule has 2 aromatic rings. The standard InChI is InChI=1S/C22H23FN2O5/c1-22(2,3)24(21(28)29)12-15(13-30-16-10-8-14(23)9-11-16)25-19(26)17-6-4-5-7-18(17)20(25)27/h4-11,15H,12-13H2,1-3H3,(H,28,29). The smallest absolute Gasteiger partial charge is 0.407 e. The Bertz CT molecular complexity index is 933. The minimum atomic E-state index is -1.18. The van der Waals surface area contributed by atoms with Crippen LogP contribution in [0.4, 0.5) is 9.18 Å². The summed E-state index contributed by atoms with van der Waals surface area (Å²) in [5.41, 5.74) is -0.225. The number of hydrogen-bond donors (Lipinski definition) is 1. The largest absolute Gasteiger partial charge is 0.491 e. The minimum Gasteiger partial charge on any atom is -0.491 e. The maximum Gasteiger partial charge on any atom is 0.407 e. The molecule has 1 N–H and O–H groups in total. The summed E-state index contributed by atoms with van der Waals surface area (Å²) >= 11 is 0. The van der Waals surface area contributed by atoms with Crippen molar-refractivity contribution in [3.05, 3.63) is 65.5 Å². The molecule has 1 heterocycles. The van der Waals surface area contributed by atoms with Crippen LogP contribution in [0.15, 0.2) is 48.5 Å². The molecule has 0 aromatic heterocycles. The van der Waals surface area contributed by atoms with Gasteiger partial charge in [-0.05, 0) is 57.2 Å². The van der Waals surface area contributed by atoms with Gasteiger partial charge < -0.3 is 14.7 Å². The monoisotopic (exact) mass is 414 g/mol. The topological polar surface area (TPSA) is 87.2 Å². The molecule has 0 radical (unpaired) electrons. The fourth-order valence-electron chi connectivity index (χ4n) is 3.32. The SMILES string of the molecule is CC(C)(C)N(CC(COc1ccc(F)cc1)N1C(=O)c2ccccc2C1=O)C(=O)O. The van der Waals surface area contributed by atoms with Crippen molar-refractivity contribution in [2.75, 3.05) is 13.2 Å². The number of carbonyl (C=O) groups excluding carboxylic acids is 2. The Morgan fingerprint density at radius 1 is 1.07 bits per heavy atom. The Morgan fingerprint density at radius 3 is 2.07 bits per heavy atom. The van der Waals surface area contributed by atoms with Crippen molar-refractivity contribution in [3.8, 4) is 5.75 Å². The van der Waals surface area contributed by atoms with Gasteiger partial charge in [0, 0.05) is 12.1 Å². The summed E-state index contributed by atoms with van der Waals surface area (Å²) in [7, 11) is 0. The lowest BCUT2D eigenvalue weighted by Crippen LogP contribution is -2.55. The van der Waals surface area contributed by atoms with E-state index in [0.717, 1.165) is 9.80 Å². The van der Waals surface area contributed by atoms with Crippen LogP contribution in [0.25, 0.3) is 0 Å². The van der Waals surface area contributed by atoms with Gasteiger partial charge in [0.2, 0.25) is 0 Å². The highest BCUT2D eigenvalue weighted by Gasteiger charge is 2.42. The molecule has 0 spiro atoms. The highest BCUT2D eigenvalue weighted by Crippen LogP contribution is 2.27. The molecule has 158 valence electrons. The Labute approximate surface area is 173 Å². The summed E-state index contributed by atoms with van der Waals surface area (Å²) in [6.07, 6.45) is -1.18. The maximum atomic E-state index is 13.2. The van der Waals surface area contributed by atoms with Crippen LogP contribution in [0.3, 0.4) is 0 Å². The molecule has 30 heavy (non-hydrogen) atoms. The predicted octanol–water partition coefficient (Wildman–Crippen LogP) is 3.65. The quantitative estimate of drug-likeness (QED) is 0.729. The van der Waals surface area contributed by atoms with Crippen LogP contribution in [-0.4, -0.2) is 57.5 Å². The second-order valence-electron chi connectivity index (χ2n) is 8.01. The van der Waals surface area contributed by atoms with Crippen LogP contribution in [0, 0.1) is 5.82 Å². The van der Waals surface area contributed by atoms with Crippen LogP contribution in [0.5, 0.6) is 5.75 Å². The van der Waals surface area contributed by atoms with Crippen molar-refractivity contribution >= 4 is 17.9 Å². The molecule has 2 aromatic carbocycles. The number of carbonyl (C=O) groups is 3. The molecule has 8 heteroatoms. The predicted molar refractivity (Wildman–Crippen MR) is 107 cm³/mol. The van der Waals surface area contributed by atoms with Crippen molar-refractivity contribution in [2.45, 2.75) is 32.4 Å². The molecule has 7 nitrogen and oxygen atoms in total. The molecule has 1 aliphatic rings. The number of benzene rings is 2. The van der Waals surface area contributed by atoms with Gasteiger partial charge in [0.1, 0.15) is 18.2 Å². The Balaban J connectivity index is 1.91. The maximum absolute atomic E-state index is 13.2. The molecule has 3 amide bonds. The van der Waals surface area contributed by atoms with Crippen molar-refractivity contribution < 1.29 is 28.6 Å². The third-order valence-corrected chi connectivity index (χ3v) is 4.88. The van der Waals surface area contributed by atoms with E-state index in [9.17, 15) is 23.9 Å². The van der Waals surface area contributed by atoms with Gasteiger partial charge in [-0.15, -0.1) is 0 Å². The first-order chi connectivity index (χ1) is 14.1. The second-order valence-corrected chi connectivity index (χ2v) is 8.01. The van der Waals surface area contributed by atoms with Crippen LogP contribution in [0.1, 0.15) is 41.5 Å². The lowest BCUT2D eigenvalue weighted by atomic mass is 10.1. The third kappa shape index (κ3) is 4.27. The normalized spacial score (nSPS) is 14.5. The van der Waals surface area contributed by atoms with Crippen molar-refractivity contribution in [2.24, 2.45) is 0 Å². The first-order valence-corrected chi connectivity index (χ1v) is 9.45. The fraction of sp³-hybridized carbons (Fsp3) is 0.318. The molecule has 0 aliphatic carbocycles. The number of halogens is 1. The molecular formula is C22H23FN2O5. The van der Waals surface area contributed by atoms with Gasteiger partial charge in [0.25, 0.3) is 11.8 Å². The minimum absolute atomic E-state index is 0.133. The van der Waals surface area contributed by atoms with Gasteiger partial charge >= 0.3 is 6.09 Å². The van der Waals surface area contributed by atoms with E-state index in [4.69, 9.17) is 4.74 Å². The van der Waals surface area contributed by atoms with E-state index >= 15 is 0 Å². The second kappa shape index (κ2) is 8.14. The summed E-state index contributed by atoms with van der Waals surface area (Å²) in [6.45, 7) is 4.90. The summed E-state index contributed by atoms with van der Waals surface area (Å²) in [5, 5.41) is 9.68. The van der Waals surface area contributed by atoms with E-state index in [2.05, 4.69) is 0 Å². The van der Waals surface area contributed by atoms with Gasteiger partial charge in [-0.2, -0.15) is 0 Å². The summed E-state index contributed by atoms with van der Waals surface area (Å²) in [6, 6.07) is 10.9. The number of rotatable bonds is 6. The lowest BCUT2D eigenvalue weighted by molar-refractivity contribution is 0.0381. The molecular weight excluding hydrogens is 391 g/mol. The first kappa shape index (κ1) is 21.3. The number of amides is 3. The number of fused-ring (bicyclic) bond motifs is 1. The fourth-order valence-corrected chi connectivity index (χ4v) is 3.32. The van der Waals surface area contributed by atoms with Crippen LogP contribution >= 0.6 is 0 Å². The third-order valence-electron chi connectivity index (χ3n) is 4.88. The zero-order valence-electron chi connectivity index (χ0n) is 17.0. The van der Waals surface area contributed by atoms with Crippen LogP contribution < -0.4 is 4.74 Å². The van der Waals surface area contributed by atoms with Crippen molar-refractivity contribution in [1.29, 1.82) is 0 Å². The van der Waals surface area contributed by atoms with Crippen LogP contribution in [0.2, 0.25) is 0 Å². The Kier molecular flexibility index (Phi) is 5.78. The summed E-state index contributed by atoms with van der Waals surface area (Å²) in [5.74, 6) is -1.08. The highest BCUT2D eigenvalue weighted by molar-refractivity contribution is 6.21. The van der Waals surface area contributed by atoms with Gasteiger partial charge in [0.15, 0.2) is 0 Å². The molecule has 3 rings (SSSR count). The zero-order valence-corrected chi connectivity index (χ0v) is 17.0. The van der Waals surface area contributed by atoms with Gasteiger partial charge in [-0.1, -0.05) is 12.1 Å². The highest BCUT2D eigenvalue weighted by atomic mass is 19.1. The van der Waals surface area contributed by atoms with E-state index in [1.807, 2.05) is 0 Å². The number of carboxylic acid groups (broad SMARTS) is 1. The summed E-state index contributed by atoms with van der Waals surface area (Å²) in [4.78, 5) is 39.9. The van der Waals surface area contributed by atoms with Crippen LogP contribution in [-0.2, 0) is 0 Å². The molecule has 0 saturated heterocycles. The van der Waals surface area contributed by atoms with E-state index < -0.39 is 35.3 Å². The van der Waals surface area contributed by atoms with Gasteiger partial charge in [-0.25, -0.2) is 9.18 Å². The average molecular weight is 414 g/mol. The number of nitrogens with zero attached hydrogens (tertiary/aromatic N) is 2. The Hall–Kier alpha value is -3.42. The van der Waals surface area contributed by atoms with Crippen molar-refractivity contribution in [1.82, 2.24) is 9.80 Å². The van der Waals surface area contributed by atoms with Gasteiger partial charge in [-0.3, -0.25) is 14.5 Å². The van der Waals surface area contributed by atoms with E-state index in [1.165, 1.54) is 24.3 Å². The van der Waals surface area contributed by atoms with E-state index in [-0.39, 0.29) is 24.3 Å². The lowest BCUT2D eigenvalue weighted by Gasteiger charge is -2.37.